The Balaban J connectivity index is 1.59. The molecule has 1 fully saturated rings. The van der Waals surface area contributed by atoms with E-state index in [0.29, 0.717) is 35.1 Å². The summed E-state index contributed by atoms with van der Waals surface area (Å²) in [5, 5.41) is 13.0. The van der Waals surface area contributed by atoms with Crippen LogP contribution in [0, 0.1) is 11.3 Å². The zero-order valence-electron chi connectivity index (χ0n) is 15.3. The predicted molar refractivity (Wildman–Crippen MR) is 100 cm³/mol. The van der Waals surface area contributed by atoms with E-state index in [1.165, 1.54) is 0 Å². The molecule has 7 heteroatoms. The largest absolute Gasteiger partial charge is 0.496 e. The fourth-order valence-electron chi connectivity index (χ4n) is 3.43. The summed E-state index contributed by atoms with van der Waals surface area (Å²) >= 11 is 0. The molecule has 0 radical (unpaired) electrons. The molecule has 0 N–H and O–H groups in total. The number of benzene rings is 2. The SMILES string of the molecule is COc1ccccc1-c1noc([C@@H]2CCCN2C(=O)c2ccc(C#N)cc2)n1. The first-order chi connectivity index (χ1) is 13.7. The van der Waals surface area contributed by atoms with Crippen LogP contribution in [-0.4, -0.2) is 34.6 Å². The standard InChI is InChI=1S/C21H18N4O3/c1-27-18-7-3-2-5-16(18)19-23-20(28-24-19)17-6-4-12-25(17)21(26)15-10-8-14(13-22)9-11-15/h2-3,5,7-11,17H,4,6,12H2,1H3/t17-/m0/s1. The molecule has 3 aromatic rings. The Morgan fingerprint density at radius 3 is 2.79 bits per heavy atom. The smallest absolute Gasteiger partial charge is 0.254 e. The van der Waals surface area contributed by atoms with E-state index in [-0.39, 0.29) is 11.9 Å². The first kappa shape index (κ1) is 17.7. The van der Waals surface area contributed by atoms with Crippen molar-refractivity contribution < 1.29 is 14.1 Å². The third-order valence-electron chi connectivity index (χ3n) is 4.85. The second-order valence-electron chi connectivity index (χ2n) is 6.50. The zero-order chi connectivity index (χ0) is 19.5. The Morgan fingerprint density at radius 1 is 1.25 bits per heavy atom. The molecule has 1 amide bonds. The van der Waals surface area contributed by atoms with Gasteiger partial charge in [0.1, 0.15) is 11.8 Å². The Morgan fingerprint density at radius 2 is 2.04 bits per heavy atom. The zero-order valence-corrected chi connectivity index (χ0v) is 15.3. The van der Waals surface area contributed by atoms with Crippen LogP contribution in [0.25, 0.3) is 11.4 Å². The van der Waals surface area contributed by atoms with Crippen molar-refractivity contribution in [2.24, 2.45) is 0 Å². The summed E-state index contributed by atoms with van der Waals surface area (Å²) in [5.41, 5.74) is 1.80. The molecule has 0 aliphatic carbocycles. The maximum absolute atomic E-state index is 12.9. The number of rotatable bonds is 4. The van der Waals surface area contributed by atoms with Crippen LogP contribution >= 0.6 is 0 Å². The number of amides is 1. The van der Waals surface area contributed by atoms with Gasteiger partial charge in [-0.3, -0.25) is 4.79 Å². The predicted octanol–water partition coefficient (Wildman–Crippen LogP) is 3.59. The Bertz CT molecular complexity index is 1040. The molecule has 7 nitrogen and oxygen atoms in total. The van der Waals surface area contributed by atoms with Gasteiger partial charge in [0, 0.05) is 12.1 Å². The van der Waals surface area contributed by atoms with Crippen molar-refractivity contribution in [2.75, 3.05) is 13.7 Å². The number of para-hydroxylation sites is 1. The molecule has 2 heterocycles. The number of likely N-dealkylation sites (tertiary alicyclic amines) is 1. The molecule has 1 aliphatic heterocycles. The van der Waals surface area contributed by atoms with Gasteiger partial charge in [0.15, 0.2) is 0 Å². The van der Waals surface area contributed by atoms with Gasteiger partial charge in [-0.2, -0.15) is 10.2 Å². The molecule has 140 valence electrons. The van der Waals surface area contributed by atoms with E-state index in [1.54, 1.807) is 36.3 Å². The summed E-state index contributed by atoms with van der Waals surface area (Å²) in [5.74, 6) is 1.40. The Labute approximate surface area is 162 Å². The van der Waals surface area contributed by atoms with Crippen molar-refractivity contribution in [2.45, 2.75) is 18.9 Å². The monoisotopic (exact) mass is 374 g/mol. The number of ether oxygens (including phenoxy) is 1. The third-order valence-corrected chi connectivity index (χ3v) is 4.85. The highest BCUT2D eigenvalue weighted by Gasteiger charge is 2.34. The molecular formula is C21H18N4O3. The number of aromatic nitrogens is 2. The summed E-state index contributed by atoms with van der Waals surface area (Å²) in [6, 6.07) is 15.9. The molecule has 28 heavy (non-hydrogen) atoms. The van der Waals surface area contributed by atoms with E-state index in [4.69, 9.17) is 14.5 Å². The summed E-state index contributed by atoms with van der Waals surface area (Å²) in [7, 11) is 1.59. The van der Waals surface area contributed by atoms with E-state index in [2.05, 4.69) is 16.2 Å². The van der Waals surface area contributed by atoms with Gasteiger partial charge in [-0.15, -0.1) is 0 Å². The van der Waals surface area contributed by atoms with Crippen LogP contribution in [0.4, 0.5) is 0 Å². The quantitative estimate of drug-likeness (QED) is 0.693. The average Bonchev–Trinajstić information content (AvgIpc) is 3.42. The molecule has 0 bridgehead atoms. The van der Waals surface area contributed by atoms with Gasteiger partial charge in [-0.1, -0.05) is 17.3 Å². The van der Waals surface area contributed by atoms with Crippen molar-refractivity contribution >= 4 is 5.91 Å². The van der Waals surface area contributed by atoms with Crippen LogP contribution in [0.3, 0.4) is 0 Å². The van der Waals surface area contributed by atoms with Crippen molar-refractivity contribution in [3.8, 4) is 23.2 Å². The van der Waals surface area contributed by atoms with Crippen LogP contribution in [0.5, 0.6) is 5.75 Å². The van der Waals surface area contributed by atoms with Gasteiger partial charge in [0.25, 0.3) is 5.91 Å². The molecule has 1 atom stereocenters. The van der Waals surface area contributed by atoms with Gasteiger partial charge in [0.2, 0.25) is 11.7 Å². The second-order valence-corrected chi connectivity index (χ2v) is 6.50. The maximum atomic E-state index is 12.9. The minimum atomic E-state index is -0.265. The van der Waals surface area contributed by atoms with E-state index in [0.717, 1.165) is 18.4 Å². The van der Waals surface area contributed by atoms with Crippen LogP contribution in [-0.2, 0) is 0 Å². The minimum absolute atomic E-state index is 0.107. The van der Waals surface area contributed by atoms with Crippen LogP contribution in [0.15, 0.2) is 53.1 Å². The fraction of sp³-hybridized carbons (Fsp3) is 0.238. The summed E-state index contributed by atoms with van der Waals surface area (Å²) in [6.07, 6.45) is 1.62. The van der Waals surface area contributed by atoms with Gasteiger partial charge in [0.05, 0.1) is 24.3 Å². The average molecular weight is 374 g/mol. The van der Waals surface area contributed by atoms with Gasteiger partial charge < -0.3 is 14.2 Å². The minimum Gasteiger partial charge on any atom is -0.496 e. The van der Waals surface area contributed by atoms with Gasteiger partial charge >= 0.3 is 0 Å². The van der Waals surface area contributed by atoms with E-state index >= 15 is 0 Å². The van der Waals surface area contributed by atoms with E-state index in [1.807, 2.05) is 24.3 Å². The highest BCUT2D eigenvalue weighted by molar-refractivity contribution is 5.94. The number of carbonyl (C=O) groups is 1. The van der Waals surface area contributed by atoms with Crippen LogP contribution < -0.4 is 4.74 Å². The maximum Gasteiger partial charge on any atom is 0.254 e. The molecule has 0 spiro atoms. The van der Waals surface area contributed by atoms with E-state index < -0.39 is 0 Å². The third kappa shape index (κ3) is 3.21. The van der Waals surface area contributed by atoms with E-state index in [9.17, 15) is 4.79 Å². The normalized spacial score (nSPS) is 16.0. The number of methoxy groups -OCH3 is 1. The summed E-state index contributed by atoms with van der Waals surface area (Å²) in [4.78, 5) is 19.2. The lowest BCUT2D eigenvalue weighted by Crippen LogP contribution is -2.30. The number of nitriles is 1. The summed E-state index contributed by atoms with van der Waals surface area (Å²) < 4.78 is 10.9. The first-order valence-corrected chi connectivity index (χ1v) is 8.99. The molecular weight excluding hydrogens is 356 g/mol. The highest BCUT2D eigenvalue weighted by atomic mass is 16.5. The molecule has 1 saturated heterocycles. The number of hydrogen-bond acceptors (Lipinski definition) is 6. The topological polar surface area (TPSA) is 92.3 Å². The van der Waals surface area contributed by atoms with Gasteiger partial charge in [-0.25, -0.2) is 0 Å². The molecule has 1 aromatic heterocycles. The van der Waals surface area contributed by atoms with Crippen molar-refractivity contribution in [3.05, 3.63) is 65.5 Å². The lowest BCUT2D eigenvalue weighted by atomic mass is 10.1. The lowest BCUT2D eigenvalue weighted by molar-refractivity contribution is 0.0710. The second kappa shape index (κ2) is 7.53. The Hall–Kier alpha value is -3.66. The lowest BCUT2D eigenvalue weighted by Gasteiger charge is -2.21. The fourth-order valence-corrected chi connectivity index (χ4v) is 3.43. The summed E-state index contributed by atoms with van der Waals surface area (Å²) in [6.45, 7) is 0.621. The number of carbonyl (C=O) groups excluding carboxylic acids is 1. The van der Waals surface area contributed by atoms with Crippen LogP contribution in [0.2, 0.25) is 0 Å². The molecule has 0 saturated carbocycles. The number of nitrogens with zero attached hydrogens (tertiary/aromatic N) is 4. The molecule has 1 aliphatic rings. The highest BCUT2D eigenvalue weighted by Crippen LogP contribution is 2.34. The molecule has 4 rings (SSSR count). The Kier molecular flexibility index (Phi) is 4.77. The number of hydrogen-bond donors (Lipinski definition) is 0. The van der Waals surface area contributed by atoms with Crippen molar-refractivity contribution in [3.63, 3.8) is 0 Å². The molecule has 2 aromatic carbocycles. The van der Waals surface area contributed by atoms with Crippen molar-refractivity contribution in [1.29, 1.82) is 5.26 Å². The van der Waals surface area contributed by atoms with Crippen LogP contribution in [0.1, 0.15) is 40.7 Å². The van der Waals surface area contributed by atoms with Crippen molar-refractivity contribution in [1.82, 2.24) is 15.0 Å². The first-order valence-electron chi connectivity index (χ1n) is 8.99. The van der Waals surface area contributed by atoms with Gasteiger partial charge in [-0.05, 0) is 49.2 Å². The molecule has 0 unspecified atom stereocenters.